The number of aliphatic imine (C=N–C) groups is 1. The third-order valence-corrected chi connectivity index (χ3v) is 3.54. The molecule has 2 rings (SSSR count). The molecule has 1 aromatic carbocycles. The minimum absolute atomic E-state index is 0.0218. The summed E-state index contributed by atoms with van der Waals surface area (Å²) in [6.45, 7) is 2.66. The molecule has 0 aromatic heterocycles. The van der Waals surface area contributed by atoms with Crippen LogP contribution in [0.3, 0.4) is 0 Å². The Balaban J connectivity index is 2.38. The number of carbonyl (C=O) groups excluding carboxylic acids is 1. The zero-order chi connectivity index (χ0) is 12.3. The minimum Gasteiger partial charge on any atom is -0.496 e. The number of ether oxygens (including phenoxy) is 1. The zero-order valence-electron chi connectivity index (χ0n) is 10.3. The summed E-state index contributed by atoms with van der Waals surface area (Å²) in [7, 11) is 1.68. The molecule has 0 heterocycles. The number of methoxy groups -OCH3 is 1. The van der Waals surface area contributed by atoms with Gasteiger partial charge in [0.15, 0.2) is 0 Å². The van der Waals surface area contributed by atoms with E-state index >= 15 is 0 Å². The van der Waals surface area contributed by atoms with Crippen LogP contribution in [0, 0.1) is 0 Å². The number of nitrogens with zero attached hydrogens (tertiary/aromatic N) is 1. The van der Waals surface area contributed by atoms with Crippen LogP contribution in [0.5, 0.6) is 5.75 Å². The van der Waals surface area contributed by atoms with Gasteiger partial charge in [-0.05, 0) is 30.9 Å². The summed E-state index contributed by atoms with van der Waals surface area (Å²) in [5.41, 5.74) is 2.51. The Hall–Kier alpha value is -1.60. The Kier molecular flexibility index (Phi) is 3.30. The van der Waals surface area contributed by atoms with Gasteiger partial charge in [0, 0.05) is 11.0 Å². The fraction of sp³-hybridized carbons (Fsp3) is 0.500. The molecule has 0 bridgehead atoms. The standard InChI is InChI=1S/C14H17NO2/c1-3-11-4-5-13(17-2)12(8-11)14(6-7-14)9-15-10-16/h4-5,8H,3,6-7,9H2,1-2H3. The maximum Gasteiger partial charge on any atom is 0.234 e. The lowest BCUT2D eigenvalue weighted by Crippen LogP contribution is -2.13. The van der Waals surface area contributed by atoms with Gasteiger partial charge >= 0.3 is 0 Å². The molecular formula is C14H17NO2. The molecule has 0 saturated heterocycles. The fourth-order valence-electron chi connectivity index (χ4n) is 2.24. The van der Waals surface area contributed by atoms with Gasteiger partial charge in [-0.15, -0.1) is 0 Å². The largest absolute Gasteiger partial charge is 0.496 e. The molecule has 90 valence electrons. The number of isocyanates is 1. The lowest BCUT2D eigenvalue weighted by Gasteiger charge is -2.17. The minimum atomic E-state index is 0.0218. The van der Waals surface area contributed by atoms with Gasteiger partial charge in [0.1, 0.15) is 5.75 Å². The average molecular weight is 231 g/mol. The van der Waals surface area contributed by atoms with Crippen LogP contribution in [0.1, 0.15) is 30.9 Å². The van der Waals surface area contributed by atoms with Crippen molar-refractivity contribution in [2.24, 2.45) is 4.99 Å². The van der Waals surface area contributed by atoms with Crippen molar-refractivity contribution in [3.63, 3.8) is 0 Å². The molecule has 0 amide bonds. The van der Waals surface area contributed by atoms with Crippen molar-refractivity contribution >= 4 is 6.08 Å². The molecule has 0 radical (unpaired) electrons. The number of benzene rings is 1. The highest BCUT2D eigenvalue weighted by molar-refractivity contribution is 5.47. The normalized spacial score (nSPS) is 16.1. The fourth-order valence-corrected chi connectivity index (χ4v) is 2.24. The van der Waals surface area contributed by atoms with Gasteiger partial charge in [-0.25, -0.2) is 9.79 Å². The van der Waals surface area contributed by atoms with E-state index in [1.54, 1.807) is 13.2 Å². The van der Waals surface area contributed by atoms with E-state index < -0.39 is 0 Å². The molecule has 3 nitrogen and oxygen atoms in total. The van der Waals surface area contributed by atoms with Crippen molar-refractivity contribution in [1.82, 2.24) is 0 Å². The number of hydrogen-bond acceptors (Lipinski definition) is 3. The topological polar surface area (TPSA) is 38.7 Å². The summed E-state index contributed by atoms with van der Waals surface area (Å²) in [5, 5.41) is 0. The third kappa shape index (κ3) is 2.25. The summed E-state index contributed by atoms with van der Waals surface area (Å²) >= 11 is 0. The molecule has 17 heavy (non-hydrogen) atoms. The summed E-state index contributed by atoms with van der Waals surface area (Å²) in [6, 6.07) is 6.28. The molecule has 0 N–H and O–H groups in total. The summed E-state index contributed by atoms with van der Waals surface area (Å²) < 4.78 is 5.41. The van der Waals surface area contributed by atoms with E-state index in [9.17, 15) is 4.79 Å². The average Bonchev–Trinajstić information content (AvgIpc) is 3.16. The first kappa shape index (κ1) is 11.9. The lowest BCUT2D eigenvalue weighted by atomic mass is 9.93. The number of hydrogen-bond donors (Lipinski definition) is 0. The molecule has 1 aromatic rings. The second-order valence-corrected chi connectivity index (χ2v) is 4.58. The zero-order valence-corrected chi connectivity index (χ0v) is 10.3. The molecule has 1 saturated carbocycles. The smallest absolute Gasteiger partial charge is 0.234 e. The van der Waals surface area contributed by atoms with E-state index in [0.717, 1.165) is 25.0 Å². The highest BCUT2D eigenvalue weighted by Gasteiger charge is 2.46. The first-order valence-electron chi connectivity index (χ1n) is 5.97. The second kappa shape index (κ2) is 4.72. The molecular weight excluding hydrogens is 214 g/mol. The van der Waals surface area contributed by atoms with Gasteiger partial charge in [0.2, 0.25) is 6.08 Å². The van der Waals surface area contributed by atoms with E-state index in [1.165, 1.54) is 11.1 Å². The Morgan fingerprint density at radius 3 is 2.76 bits per heavy atom. The van der Waals surface area contributed by atoms with Crippen LogP contribution in [0.2, 0.25) is 0 Å². The predicted octanol–water partition coefficient (Wildman–Crippen LogP) is 2.63. The summed E-state index contributed by atoms with van der Waals surface area (Å²) in [5.74, 6) is 0.904. The number of aryl methyl sites for hydroxylation is 1. The van der Waals surface area contributed by atoms with Crippen molar-refractivity contribution in [3.05, 3.63) is 29.3 Å². The monoisotopic (exact) mass is 231 g/mol. The van der Waals surface area contributed by atoms with Crippen molar-refractivity contribution < 1.29 is 9.53 Å². The van der Waals surface area contributed by atoms with Crippen LogP contribution in [0.25, 0.3) is 0 Å². The predicted molar refractivity (Wildman–Crippen MR) is 66.3 cm³/mol. The molecule has 1 aliphatic rings. The van der Waals surface area contributed by atoms with Gasteiger partial charge in [-0.3, -0.25) is 0 Å². The summed E-state index contributed by atoms with van der Waals surface area (Å²) in [4.78, 5) is 14.0. The van der Waals surface area contributed by atoms with E-state index in [4.69, 9.17) is 4.74 Å². The van der Waals surface area contributed by atoms with Crippen LogP contribution in [0.15, 0.2) is 23.2 Å². The second-order valence-electron chi connectivity index (χ2n) is 4.58. The number of rotatable bonds is 5. The van der Waals surface area contributed by atoms with Crippen LogP contribution in [-0.2, 0) is 16.6 Å². The quantitative estimate of drug-likeness (QED) is 0.577. The maximum absolute atomic E-state index is 10.3. The molecule has 0 spiro atoms. The van der Waals surface area contributed by atoms with Crippen LogP contribution < -0.4 is 4.74 Å². The highest BCUT2D eigenvalue weighted by Crippen LogP contribution is 2.51. The van der Waals surface area contributed by atoms with Gasteiger partial charge in [0.05, 0.1) is 13.7 Å². The Morgan fingerprint density at radius 1 is 1.47 bits per heavy atom. The molecule has 1 fully saturated rings. The Bertz CT molecular complexity index is 457. The highest BCUT2D eigenvalue weighted by atomic mass is 16.5. The van der Waals surface area contributed by atoms with Gasteiger partial charge in [0.25, 0.3) is 0 Å². The molecule has 3 heteroatoms. The van der Waals surface area contributed by atoms with E-state index in [0.29, 0.717) is 6.54 Å². The molecule has 0 unspecified atom stereocenters. The summed E-state index contributed by atoms with van der Waals surface area (Å²) in [6.07, 6.45) is 4.78. The van der Waals surface area contributed by atoms with E-state index in [1.807, 2.05) is 6.07 Å². The maximum atomic E-state index is 10.3. The van der Waals surface area contributed by atoms with Crippen molar-refractivity contribution in [2.75, 3.05) is 13.7 Å². The molecule has 0 atom stereocenters. The SMILES string of the molecule is CCc1ccc(OC)c(C2(CN=C=O)CC2)c1. The van der Waals surface area contributed by atoms with Crippen molar-refractivity contribution in [3.8, 4) is 5.75 Å². The van der Waals surface area contributed by atoms with Crippen molar-refractivity contribution in [1.29, 1.82) is 0 Å². The Morgan fingerprint density at radius 2 is 2.24 bits per heavy atom. The van der Waals surface area contributed by atoms with Crippen LogP contribution in [0.4, 0.5) is 0 Å². The van der Waals surface area contributed by atoms with Gasteiger partial charge in [-0.1, -0.05) is 19.1 Å². The Labute approximate surface area is 102 Å². The third-order valence-electron chi connectivity index (χ3n) is 3.54. The first-order chi connectivity index (χ1) is 8.25. The first-order valence-corrected chi connectivity index (χ1v) is 5.97. The van der Waals surface area contributed by atoms with Crippen LogP contribution in [-0.4, -0.2) is 19.7 Å². The van der Waals surface area contributed by atoms with Crippen LogP contribution >= 0.6 is 0 Å². The van der Waals surface area contributed by atoms with E-state index in [2.05, 4.69) is 24.0 Å². The van der Waals surface area contributed by atoms with E-state index in [-0.39, 0.29) is 5.41 Å². The van der Waals surface area contributed by atoms with Gasteiger partial charge < -0.3 is 4.74 Å². The molecule has 0 aliphatic heterocycles. The van der Waals surface area contributed by atoms with Crippen molar-refractivity contribution in [2.45, 2.75) is 31.6 Å². The van der Waals surface area contributed by atoms with Gasteiger partial charge in [-0.2, -0.15) is 0 Å². The molecule has 1 aliphatic carbocycles. The lowest BCUT2D eigenvalue weighted by molar-refractivity contribution is 0.404.